The quantitative estimate of drug-likeness (QED) is 0.818. The number of benzene rings is 2. The van der Waals surface area contributed by atoms with Crippen molar-refractivity contribution in [2.75, 3.05) is 11.1 Å². The monoisotopic (exact) mass is 252 g/mol. The van der Waals surface area contributed by atoms with Crippen LogP contribution in [0, 0.1) is 6.92 Å². The van der Waals surface area contributed by atoms with Gasteiger partial charge in [-0.25, -0.2) is 0 Å². The smallest absolute Gasteiger partial charge is 0.0576 e. The Hall–Kier alpha value is -1.96. The molecule has 0 aromatic heterocycles. The fourth-order valence-electron chi connectivity index (χ4n) is 2.78. The Bertz CT molecular complexity index is 602. The van der Waals surface area contributed by atoms with Crippen molar-refractivity contribution < 1.29 is 0 Å². The van der Waals surface area contributed by atoms with Gasteiger partial charge in [0.1, 0.15) is 0 Å². The molecule has 98 valence electrons. The third kappa shape index (κ3) is 2.58. The van der Waals surface area contributed by atoms with Crippen molar-refractivity contribution in [3.8, 4) is 0 Å². The molecule has 2 nitrogen and oxygen atoms in total. The summed E-state index contributed by atoms with van der Waals surface area (Å²) in [4.78, 5) is 0. The van der Waals surface area contributed by atoms with Crippen LogP contribution < -0.4 is 11.1 Å². The number of nitrogen functional groups attached to an aromatic ring is 1. The van der Waals surface area contributed by atoms with Crippen LogP contribution in [0.4, 0.5) is 11.4 Å². The van der Waals surface area contributed by atoms with Gasteiger partial charge in [-0.1, -0.05) is 24.3 Å². The number of hydrogen-bond donors (Lipinski definition) is 2. The lowest BCUT2D eigenvalue weighted by Gasteiger charge is -2.11. The molecule has 1 aliphatic carbocycles. The third-order valence-electron chi connectivity index (χ3n) is 3.85. The molecule has 2 heteroatoms. The van der Waals surface area contributed by atoms with Crippen molar-refractivity contribution in [1.29, 1.82) is 0 Å². The van der Waals surface area contributed by atoms with Gasteiger partial charge in [-0.05, 0) is 60.6 Å². The first-order chi connectivity index (χ1) is 9.22. The van der Waals surface area contributed by atoms with E-state index in [2.05, 4.69) is 42.6 Å². The van der Waals surface area contributed by atoms with E-state index in [1.807, 2.05) is 6.07 Å². The summed E-state index contributed by atoms with van der Waals surface area (Å²) in [6.07, 6.45) is 3.78. The van der Waals surface area contributed by atoms with Gasteiger partial charge in [-0.2, -0.15) is 0 Å². The lowest BCUT2D eigenvalue weighted by atomic mass is 10.1. The van der Waals surface area contributed by atoms with Crippen molar-refractivity contribution in [1.82, 2.24) is 0 Å². The average molecular weight is 252 g/mol. The molecular formula is C17H20N2. The molecule has 0 radical (unpaired) electrons. The van der Waals surface area contributed by atoms with E-state index in [1.54, 1.807) is 0 Å². The van der Waals surface area contributed by atoms with Crippen LogP contribution in [0.1, 0.15) is 28.7 Å². The molecule has 2 aromatic carbocycles. The maximum absolute atomic E-state index is 6.01. The summed E-state index contributed by atoms with van der Waals surface area (Å²) in [7, 11) is 0. The number of rotatable bonds is 3. The number of anilines is 2. The van der Waals surface area contributed by atoms with Crippen LogP contribution in [0.3, 0.4) is 0 Å². The van der Waals surface area contributed by atoms with Crippen molar-refractivity contribution in [2.24, 2.45) is 0 Å². The Morgan fingerprint density at radius 2 is 1.89 bits per heavy atom. The molecule has 0 spiro atoms. The van der Waals surface area contributed by atoms with E-state index in [0.717, 1.165) is 17.9 Å². The molecule has 0 saturated heterocycles. The van der Waals surface area contributed by atoms with Crippen LogP contribution in [0.25, 0.3) is 0 Å². The van der Waals surface area contributed by atoms with Crippen molar-refractivity contribution in [3.05, 3.63) is 58.7 Å². The van der Waals surface area contributed by atoms with Crippen LogP contribution in [0.2, 0.25) is 0 Å². The van der Waals surface area contributed by atoms with E-state index < -0.39 is 0 Å². The molecule has 0 saturated carbocycles. The standard InChI is InChI=1S/C17H20N2/c1-12-5-8-17(16(18)9-12)19-11-13-6-7-14-3-2-4-15(14)10-13/h5-10,19H,2-4,11,18H2,1H3. The number of nitrogens with one attached hydrogen (secondary N) is 1. The second kappa shape index (κ2) is 4.96. The van der Waals surface area contributed by atoms with Gasteiger partial charge < -0.3 is 11.1 Å². The summed E-state index contributed by atoms with van der Waals surface area (Å²) >= 11 is 0. The summed E-state index contributed by atoms with van der Waals surface area (Å²) in [5.41, 5.74) is 13.4. The fraction of sp³-hybridized carbons (Fsp3) is 0.294. The molecule has 2 aromatic rings. The van der Waals surface area contributed by atoms with Gasteiger partial charge in [0.15, 0.2) is 0 Å². The van der Waals surface area contributed by atoms with Crippen LogP contribution in [-0.2, 0) is 19.4 Å². The molecule has 0 bridgehead atoms. The van der Waals surface area contributed by atoms with E-state index in [9.17, 15) is 0 Å². The number of hydrogen-bond acceptors (Lipinski definition) is 2. The lowest BCUT2D eigenvalue weighted by Crippen LogP contribution is -2.03. The van der Waals surface area contributed by atoms with Crippen molar-refractivity contribution >= 4 is 11.4 Å². The zero-order chi connectivity index (χ0) is 13.2. The topological polar surface area (TPSA) is 38.0 Å². The highest BCUT2D eigenvalue weighted by Crippen LogP contribution is 2.24. The normalized spacial score (nSPS) is 13.3. The van der Waals surface area contributed by atoms with Crippen molar-refractivity contribution in [3.63, 3.8) is 0 Å². The SMILES string of the molecule is Cc1ccc(NCc2ccc3c(c2)CCC3)c(N)c1. The summed E-state index contributed by atoms with van der Waals surface area (Å²) in [5.74, 6) is 0. The molecule has 0 aliphatic heterocycles. The van der Waals surface area contributed by atoms with E-state index in [-0.39, 0.29) is 0 Å². The van der Waals surface area contributed by atoms with E-state index in [0.29, 0.717) is 0 Å². The average Bonchev–Trinajstić information content (AvgIpc) is 2.85. The number of fused-ring (bicyclic) bond motifs is 1. The van der Waals surface area contributed by atoms with Gasteiger partial charge >= 0.3 is 0 Å². The molecule has 0 amide bonds. The van der Waals surface area contributed by atoms with Gasteiger partial charge in [0.25, 0.3) is 0 Å². The van der Waals surface area contributed by atoms with Gasteiger partial charge in [0.05, 0.1) is 11.4 Å². The first kappa shape index (κ1) is 12.1. The highest BCUT2D eigenvalue weighted by Gasteiger charge is 2.10. The maximum atomic E-state index is 6.01. The van der Waals surface area contributed by atoms with E-state index in [1.165, 1.54) is 41.5 Å². The summed E-state index contributed by atoms with van der Waals surface area (Å²) in [6.45, 7) is 2.89. The predicted octanol–water partition coefficient (Wildman–Crippen LogP) is 3.68. The van der Waals surface area contributed by atoms with Gasteiger partial charge in [-0.3, -0.25) is 0 Å². The molecular weight excluding hydrogens is 232 g/mol. The second-order valence-corrected chi connectivity index (χ2v) is 5.40. The van der Waals surface area contributed by atoms with E-state index >= 15 is 0 Å². The molecule has 19 heavy (non-hydrogen) atoms. The predicted molar refractivity (Wildman–Crippen MR) is 81.4 cm³/mol. The zero-order valence-corrected chi connectivity index (χ0v) is 11.4. The van der Waals surface area contributed by atoms with Gasteiger partial charge in [-0.15, -0.1) is 0 Å². The summed E-state index contributed by atoms with van der Waals surface area (Å²) < 4.78 is 0. The maximum Gasteiger partial charge on any atom is 0.0576 e. The number of nitrogens with two attached hydrogens (primary N) is 1. The lowest BCUT2D eigenvalue weighted by molar-refractivity contribution is 0.911. The Balaban J connectivity index is 1.72. The largest absolute Gasteiger partial charge is 0.397 e. The number of aryl methyl sites for hydroxylation is 3. The van der Waals surface area contributed by atoms with Gasteiger partial charge in [0.2, 0.25) is 0 Å². The first-order valence-electron chi connectivity index (χ1n) is 6.93. The first-order valence-corrected chi connectivity index (χ1v) is 6.93. The van der Waals surface area contributed by atoms with Crippen LogP contribution >= 0.6 is 0 Å². The third-order valence-corrected chi connectivity index (χ3v) is 3.85. The minimum Gasteiger partial charge on any atom is -0.397 e. The zero-order valence-electron chi connectivity index (χ0n) is 11.4. The Morgan fingerprint density at radius 3 is 2.74 bits per heavy atom. The molecule has 0 fully saturated rings. The summed E-state index contributed by atoms with van der Waals surface area (Å²) in [5, 5.41) is 3.42. The Kier molecular flexibility index (Phi) is 3.16. The van der Waals surface area contributed by atoms with Gasteiger partial charge in [0, 0.05) is 6.54 Å². The molecule has 3 rings (SSSR count). The highest BCUT2D eigenvalue weighted by atomic mass is 14.9. The van der Waals surface area contributed by atoms with Crippen molar-refractivity contribution in [2.45, 2.75) is 32.7 Å². The molecule has 0 unspecified atom stereocenters. The van der Waals surface area contributed by atoms with Crippen LogP contribution in [0.15, 0.2) is 36.4 Å². The molecule has 1 aliphatic rings. The fourth-order valence-corrected chi connectivity index (χ4v) is 2.78. The minimum atomic E-state index is 0.821. The van der Waals surface area contributed by atoms with Crippen LogP contribution in [-0.4, -0.2) is 0 Å². The Morgan fingerprint density at radius 1 is 1.05 bits per heavy atom. The summed E-state index contributed by atoms with van der Waals surface area (Å²) in [6, 6.07) is 13.0. The molecule has 0 atom stereocenters. The van der Waals surface area contributed by atoms with Crippen LogP contribution in [0.5, 0.6) is 0 Å². The highest BCUT2D eigenvalue weighted by molar-refractivity contribution is 5.66. The second-order valence-electron chi connectivity index (χ2n) is 5.40. The molecule has 3 N–H and O–H groups in total. The molecule has 0 heterocycles. The van der Waals surface area contributed by atoms with E-state index in [4.69, 9.17) is 5.73 Å². The minimum absolute atomic E-state index is 0.821. The Labute approximate surface area is 114 Å².